The Morgan fingerprint density at radius 1 is 1.44 bits per heavy atom. The normalized spacial score (nSPS) is 27.1. The molecule has 7 nitrogen and oxygen atoms in total. The fourth-order valence-electron chi connectivity index (χ4n) is 1.73. The molecule has 2 N–H and O–H groups in total. The summed E-state index contributed by atoms with van der Waals surface area (Å²) in [7, 11) is 0. The molecule has 1 aromatic rings. The van der Waals surface area contributed by atoms with Gasteiger partial charge in [0.15, 0.2) is 0 Å². The van der Waals surface area contributed by atoms with Gasteiger partial charge in [0, 0.05) is 18.6 Å². The first-order chi connectivity index (χ1) is 8.60. The highest BCUT2D eigenvalue weighted by molar-refractivity contribution is 5.36. The van der Waals surface area contributed by atoms with Crippen molar-refractivity contribution in [2.45, 2.75) is 24.9 Å². The minimum Gasteiger partial charge on any atom is -0.465 e. The third-order valence-corrected chi connectivity index (χ3v) is 2.68. The smallest absolute Gasteiger partial charge is 0.269 e. The van der Waals surface area contributed by atoms with E-state index in [-0.39, 0.29) is 18.7 Å². The van der Waals surface area contributed by atoms with Crippen molar-refractivity contribution in [1.82, 2.24) is 0 Å². The van der Waals surface area contributed by atoms with Crippen LogP contribution >= 0.6 is 0 Å². The van der Waals surface area contributed by atoms with Crippen molar-refractivity contribution < 1.29 is 24.6 Å². The van der Waals surface area contributed by atoms with E-state index in [0.717, 1.165) is 0 Å². The minimum absolute atomic E-state index is 0.0250. The number of non-ortho nitro benzene ring substituents is 1. The second kappa shape index (κ2) is 5.30. The van der Waals surface area contributed by atoms with Crippen LogP contribution in [0.25, 0.3) is 0 Å². The summed E-state index contributed by atoms with van der Waals surface area (Å²) in [6, 6.07) is 5.56. The van der Waals surface area contributed by atoms with Crippen LogP contribution in [0.5, 0.6) is 5.75 Å². The molecule has 2 rings (SSSR count). The number of nitro benzene ring substituents is 1. The molecule has 0 unspecified atom stereocenters. The van der Waals surface area contributed by atoms with Gasteiger partial charge in [-0.1, -0.05) is 0 Å². The van der Waals surface area contributed by atoms with Crippen LogP contribution in [0.1, 0.15) is 6.42 Å². The fourth-order valence-corrected chi connectivity index (χ4v) is 1.73. The zero-order valence-corrected chi connectivity index (χ0v) is 9.43. The van der Waals surface area contributed by atoms with Gasteiger partial charge < -0.3 is 19.7 Å². The number of nitro groups is 1. The standard InChI is InChI=1S/C11H13NO6/c13-6-10-9(14)5-11(18-10)17-8-3-1-7(2-4-8)12(15)16/h1-4,9-11,13-14H,5-6H2/t9-,10+,11-/m0/s1. The highest BCUT2D eigenvalue weighted by Crippen LogP contribution is 2.25. The maximum atomic E-state index is 10.5. The summed E-state index contributed by atoms with van der Waals surface area (Å²) in [6.07, 6.45) is -1.81. The van der Waals surface area contributed by atoms with E-state index in [4.69, 9.17) is 14.6 Å². The Labute approximate surface area is 103 Å². The summed E-state index contributed by atoms with van der Waals surface area (Å²) in [4.78, 5) is 9.96. The van der Waals surface area contributed by atoms with Crippen molar-refractivity contribution in [2.24, 2.45) is 0 Å². The van der Waals surface area contributed by atoms with Crippen LogP contribution in [0.3, 0.4) is 0 Å². The van der Waals surface area contributed by atoms with E-state index < -0.39 is 23.4 Å². The van der Waals surface area contributed by atoms with Gasteiger partial charge in [0.1, 0.15) is 11.9 Å². The molecule has 0 aromatic heterocycles. The largest absolute Gasteiger partial charge is 0.465 e. The van der Waals surface area contributed by atoms with Crippen molar-refractivity contribution in [3.63, 3.8) is 0 Å². The second-order valence-electron chi connectivity index (χ2n) is 3.96. The fraction of sp³-hybridized carbons (Fsp3) is 0.455. The van der Waals surface area contributed by atoms with Gasteiger partial charge in [-0.3, -0.25) is 10.1 Å². The topological polar surface area (TPSA) is 102 Å². The Morgan fingerprint density at radius 3 is 2.61 bits per heavy atom. The average molecular weight is 255 g/mol. The second-order valence-corrected chi connectivity index (χ2v) is 3.96. The minimum atomic E-state index is -0.766. The van der Waals surface area contributed by atoms with Gasteiger partial charge in [-0.15, -0.1) is 0 Å². The molecule has 1 heterocycles. The lowest BCUT2D eigenvalue weighted by molar-refractivity contribution is -0.384. The molecule has 1 fully saturated rings. The molecular formula is C11H13NO6. The quantitative estimate of drug-likeness (QED) is 0.598. The lowest BCUT2D eigenvalue weighted by Gasteiger charge is -2.13. The molecule has 98 valence electrons. The first-order valence-electron chi connectivity index (χ1n) is 5.45. The maximum absolute atomic E-state index is 10.5. The summed E-state index contributed by atoms with van der Waals surface area (Å²) in [5, 5.41) is 28.9. The number of aliphatic hydroxyl groups excluding tert-OH is 2. The molecule has 1 aliphatic heterocycles. The lowest BCUT2D eigenvalue weighted by atomic mass is 10.2. The predicted octanol–water partition coefficient (Wildman–Crippen LogP) is 0.442. The van der Waals surface area contributed by atoms with Gasteiger partial charge in [-0.2, -0.15) is 0 Å². The van der Waals surface area contributed by atoms with Gasteiger partial charge >= 0.3 is 0 Å². The molecule has 0 aliphatic carbocycles. The van der Waals surface area contributed by atoms with Crippen molar-refractivity contribution >= 4 is 5.69 Å². The van der Waals surface area contributed by atoms with Gasteiger partial charge in [0.2, 0.25) is 6.29 Å². The summed E-state index contributed by atoms with van der Waals surface area (Å²) in [5.41, 5.74) is -0.0250. The average Bonchev–Trinajstić information content (AvgIpc) is 2.70. The maximum Gasteiger partial charge on any atom is 0.269 e. The summed E-state index contributed by atoms with van der Waals surface area (Å²) in [6.45, 7) is -0.276. The number of benzene rings is 1. The molecule has 1 aromatic carbocycles. The lowest BCUT2D eigenvalue weighted by Crippen LogP contribution is -2.24. The van der Waals surface area contributed by atoms with Gasteiger partial charge in [-0.25, -0.2) is 0 Å². The highest BCUT2D eigenvalue weighted by atomic mass is 16.7. The predicted molar refractivity (Wildman–Crippen MR) is 60.1 cm³/mol. The number of rotatable bonds is 4. The number of aliphatic hydroxyl groups is 2. The van der Waals surface area contributed by atoms with E-state index >= 15 is 0 Å². The SMILES string of the molecule is O=[N+]([O-])c1ccc(O[C@@H]2C[C@H](O)[C@@H](CO)O2)cc1. The number of ether oxygens (including phenoxy) is 2. The van der Waals surface area contributed by atoms with Gasteiger partial charge in [-0.05, 0) is 12.1 Å². The molecule has 3 atom stereocenters. The number of hydrogen-bond acceptors (Lipinski definition) is 6. The third kappa shape index (κ3) is 2.76. The molecule has 0 amide bonds. The van der Waals surface area contributed by atoms with E-state index in [1.54, 1.807) is 0 Å². The van der Waals surface area contributed by atoms with Crippen LogP contribution in [-0.4, -0.2) is 40.2 Å². The van der Waals surface area contributed by atoms with E-state index in [1.165, 1.54) is 24.3 Å². The summed E-state index contributed by atoms with van der Waals surface area (Å²) in [5.74, 6) is 0.413. The Bertz CT molecular complexity index is 420. The van der Waals surface area contributed by atoms with Crippen molar-refractivity contribution in [2.75, 3.05) is 6.61 Å². The molecule has 0 saturated carbocycles. The van der Waals surface area contributed by atoms with E-state index in [2.05, 4.69) is 0 Å². The van der Waals surface area contributed by atoms with Crippen molar-refractivity contribution in [1.29, 1.82) is 0 Å². The first kappa shape index (κ1) is 12.7. The first-order valence-corrected chi connectivity index (χ1v) is 5.45. The van der Waals surface area contributed by atoms with Gasteiger partial charge in [0.25, 0.3) is 5.69 Å². The molecule has 1 saturated heterocycles. The van der Waals surface area contributed by atoms with E-state index in [1.807, 2.05) is 0 Å². The molecular weight excluding hydrogens is 242 g/mol. The van der Waals surface area contributed by atoms with E-state index in [0.29, 0.717) is 5.75 Å². The molecule has 0 radical (unpaired) electrons. The number of hydrogen-bond donors (Lipinski definition) is 2. The number of nitrogens with zero attached hydrogens (tertiary/aromatic N) is 1. The van der Waals surface area contributed by atoms with E-state index in [9.17, 15) is 15.2 Å². The molecule has 0 bridgehead atoms. The zero-order valence-electron chi connectivity index (χ0n) is 9.43. The van der Waals surface area contributed by atoms with Crippen LogP contribution in [0.4, 0.5) is 5.69 Å². The molecule has 1 aliphatic rings. The molecule has 18 heavy (non-hydrogen) atoms. The Balaban J connectivity index is 1.96. The van der Waals surface area contributed by atoms with Gasteiger partial charge in [0.05, 0.1) is 17.6 Å². The molecule has 7 heteroatoms. The summed E-state index contributed by atoms with van der Waals surface area (Å²) < 4.78 is 10.6. The van der Waals surface area contributed by atoms with Crippen LogP contribution < -0.4 is 4.74 Å². The summed E-state index contributed by atoms with van der Waals surface area (Å²) >= 11 is 0. The van der Waals surface area contributed by atoms with Crippen LogP contribution in [0, 0.1) is 10.1 Å². The highest BCUT2D eigenvalue weighted by Gasteiger charge is 2.34. The van der Waals surface area contributed by atoms with Crippen molar-refractivity contribution in [3.8, 4) is 5.75 Å². The van der Waals surface area contributed by atoms with Crippen LogP contribution in [0.15, 0.2) is 24.3 Å². The monoisotopic (exact) mass is 255 g/mol. The zero-order chi connectivity index (χ0) is 13.1. The third-order valence-electron chi connectivity index (χ3n) is 2.68. The Morgan fingerprint density at radius 2 is 2.11 bits per heavy atom. The van der Waals surface area contributed by atoms with Crippen LogP contribution in [-0.2, 0) is 4.74 Å². The Hall–Kier alpha value is -1.70. The van der Waals surface area contributed by atoms with Crippen LogP contribution in [0.2, 0.25) is 0 Å². The molecule has 0 spiro atoms. The Kier molecular flexibility index (Phi) is 3.75. The van der Waals surface area contributed by atoms with Crippen molar-refractivity contribution in [3.05, 3.63) is 34.4 Å².